The first-order valence-electron chi connectivity index (χ1n) is 12.2. The van der Waals surface area contributed by atoms with Crippen molar-refractivity contribution in [1.29, 1.82) is 0 Å². The normalized spacial score (nSPS) is 23.1. The maximum absolute atomic E-state index is 13.8. The van der Waals surface area contributed by atoms with E-state index in [-0.39, 0.29) is 18.3 Å². The van der Waals surface area contributed by atoms with Crippen molar-refractivity contribution in [1.82, 2.24) is 9.29 Å². The average molecular weight is 563 g/mol. The van der Waals surface area contributed by atoms with Crippen molar-refractivity contribution in [3.8, 4) is 11.6 Å². The molecule has 2 aromatic heterocycles. The van der Waals surface area contributed by atoms with E-state index in [0.29, 0.717) is 35.2 Å². The molecule has 6 rings (SSSR count). The van der Waals surface area contributed by atoms with Gasteiger partial charge in [0, 0.05) is 29.5 Å². The molecule has 192 valence electrons. The lowest BCUT2D eigenvalue weighted by Crippen LogP contribution is -2.54. The second kappa shape index (κ2) is 10.1. The lowest BCUT2D eigenvalue weighted by Gasteiger charge is -2.45. The Kier molecular flexibility index (Phi) is 6.63. The molecule has 0 radical (unpaired) electrons. The van der Waals surface area contributed by atoms with E-state index in [9.17, 15) is 9.59 Å². The summed E-state index contributed by atoms with van der Waals surface area (Å²) in [5.41, 5.74) is 1.49. The Bertz CT molecular complexity index is 1510. The zero-order chi connectivity index (χ0) is 26.3. The summed E-state index contributed by atoms with van der Waals surface area (Å²) in [7, 11) is 0. The molecule has 3 unspecified atom stereocenters. The Morgan fingerprint density at radius 2 is 1.82 bits per heavy atom. The summed E-state index contributed by atoms with van der Waals surface area (Å²) in [4.78, 5) is 32.4. The molecule has 1 amide bonds. The number of ether oxygens (including phenoxy) is 2. The number of benzene rings is 2. The number of nitrogens with zero attached hydrogens (tertiary/aromatic N) is 2. The zero-order valence-corrected chi connectivity index (χ0v) is 22.6. The number of Topliss-reactive ketones (excluding diaryl/α,β-unsaturated/α-hetero) is 1. The Balaban J connectivity index is 1.40. The van der Waals surface area contributed by atoms with Crippen molar-refractivity contribution in [2.24, 2.45) is 0 Å². The van der Waals surface area contributed by atoms with Gasteiger partial charge in [0.1, 0.15) is 23.3 Å². The van der Waals surface area contributed by atoms with E-state index >= 15 is 0 Å². The molecule has 0 aliphatic carbocycles. The van der Waals surface area contributed by atoms with Crippen LogP contribution in [0.15, 0.2) is 83.6 Å². The van der Waals surface area contributed by atoms with Gasteiger partial charge >= 0.3 is 0 Å². The molecular formula is C29H23ClN2O4S2. The summed E-state index contributed by atoms with van der Waals surface area (Å²) >= 11 is 12.6. The van der Waals surface area contributed by atoms with Crippen LogP contribution >= 0.6 is 35.8 Å². The summed E-state index contributed by atoms with van der Waals surface area (Å²) in [6.45, 7) is 0.539. The lowest BCUT2D eigenvalue weighted by atomic mass is 9.75. The van der Waals surface area contributed by atoms with Crippen LogP contribution in [0, 0.1) is 0 Å². The monoisotopic (exact) mass is 562 g/mol. The summed E-state index contributed by atoms with van der Waals surface area (Å²) in [6, 6.07) is 22.0. The number of hydrogen-bond donors (Lipinski definition) is 1. The van der Waals surface area contributed by atoms with E-state index in [1.807, 2.05) is 53.2 Å². The number of carbonyl (C=O) groups is 2. The molecular weight excluding hydrogens is 540 g/mol. The van der Waals surface area contributed by atoms with E-state index in [4.69, 9.17) is 38.9 Å². The highest BCUT2D eigenvalue weighted by molar-refractivity contribution is 7.78. The predicted molar refractivity (Wildman–Crippen MR) is 149 cm³/mol. The fraction of sp³-hybridized carbons (Fsp3) is 0.207. The zero-order valence-electron chi connectivity index (χ0n) is 20.1. The number of thiophene rings is 1. The van der Waals surface area contributed by atoms with Gasteiger partial charge in [0.25, 0.3) is 0 Å². The van der Waals surface area contributed by atoms with Crippen molar-refractivity contribution in [2.45, 2.75) is 30.4 Å². The van der Waals surface area contributed by atoms with Gasteiger partial charge in [-0.3, -0.25) is 13.9 Å². The number of pyridine rings is 1. The number of halogens is 1. The quantitative estimate of drug-likeness (QED) is 0.226. The molecule has 0 N–H and O–H groups in total. The Morgan fingerprint density at radius 3 is 2.61 bits per heavy atom. The summed E-state index contributed by atoms with van der Waals surface area (Å²) in [6.07, 6.45) is 0.435. The molecule has 0 spiro atoms. The molecule has 2 aliphatic rings. The van der Waals surface area contributed by atoms with Gasteiger partial charge in [-0.05, 0) is 46.2 Å². The molecule has 1 fully saturated rings. The van der Waals surface area contributed by atoms with Gasteiger partial charge in [-0.25, -0.2) is 4.98 Å². The number of piperidine rings is 1. The summed E-state index contributed by atoms with van der Waals surface area (Å²) in [5, 5.41) is 4.20. The van der Waals surface area contributed by atoms with Crippen molar-refractivity contribution in [3.63, 3.8) is 0 Å². The third kappa shape index (κ3) is 4.17. The van der Waals surface area contributed by atoms with E-state index in [1.54, 1.807) is 30.3 Å². The second-order valence-corrected chi connectivity index (χ2v) is 10.8. The summed E-state index contributed by atoms with van der Waals surface area (Å²) < 4.78 is 13.5. The number of fused-ring (bicyclic) bond motifs is 1. The highest BCUT2D eigenvalue weighted by Crippen LogP contribution is 2.48. The molecule has 2 aliphatic heterocycles. The largest absolute Gasteiger partial charge is 0.493 e. The maximum Gasteiger partial charge on any atom is 0.248 e. The first kappa shape index (κ1) is 25.0. The number of para-hydroxylation sites is 1. The maximum atomic E-state index is 13.8. The molecule has 9 heteroatoms. The smallest absolute Gasteiger partial charge is 0.248 e. The third-order valence-electron chi connectivity index (χ3n) is 7.10. The Labute approximate surface area is 234 Å². The molecule has 4 aromatic rings. The predicted octanol–water partition coefficient (Wildman–Crippen LogP) is 6.37. The SMILES string of the molecule is O=C1CC(c2ccsc2)(c2cccc(OC3CCOc4ccccc43)n2)N(S)C(=O)C1c1ccccc1Cl. The highest BCUT2D eigenvalue weighted by atomic mass is 35.5. The fourth-order valence-corrected chi connectivity index (χ4v) is 6.63. The van der Waals surface area contributed by atoms with Crippen molar-refractivity contribution in [2.75, 3.05) is 6.61 Å². The molecule has 6 nitrogen and oxygen atoms in total. The van der Waals surface area contributed by atoms with E-state index < -0.39 is 17.4 Å². The Morgan fingerprint density at radius 1 is 1.03 bits per heavy atom. The molecule has 2 aromatic carbocycles. The van der Waals surface area contributed by atoms with Crippen LogP contribution in [-0.4, -0.2) is 27.6 Å². The van der Waals surface area contributed by atoms with Crippen LogP contribution in [0.1, 0.15) is 47.2 Å². The number of thiol groups is 1. The van der Waals surface area contributed by atoms with Gasteiger partial charge in [-0.1, -0.05) is 66.9 Å². The third-order valence-corrected chi connectivity index (χ3v) is 8.66. The van der Waals surface area contributed by atoms with Gasteiger partial charge in [0.15, 0.2) is 5.78 Å². The number of carbonyl (C=O) groups excluding carboxylic acids is 2. The van der Waals surface area contributed by atoms with Gasteiger partial charge in [-0.15, -0.1) is 0 Å². The number of amides is 1. The van der Waals surface area contributed by atoms with Crippen LogP contribution in [0.25, 0.3) is 0 Å². The number of aromatic nitrogens is 1. The van der Waals surface area contributed by atoms with Crippen LogP contribution in [0.3, 0.4) is 0 Å². The first-order valence-corrected chi connectivity index (χ1v) is 13.9. The fourth-order valence-electron chi connectivity index (χ4n) is 5.25. The second-order valence-electron chi connectivity index (χ2n) is 9.26. The highest BCUT2D eigenvalue weighted by Gasteiger charge is 2.53. The molecule has 3 atom stereocenters. The topological polar surface area (TPSA) is 68.7 Å². The van der Waals surface area contributed by atoms with Crippen LogP contribution in [0.5, 0.6) is 11.6 Å². The van der Waals surface area contributed by atoms with Crippen molar-refractivity contribution >= 4 is 47.4 Å². The minimum atomic E-state index is -1.21. The van der Waals surface area contributed by atoms with Crippen molar-refractivity contribution in [3.05, 3.63) is 111 Å². The first-order chi connectivity index (χ1) is 18.5. The molecule has 4 heterocycles. The van der Waals surface area contributed by atoms with E-state index in [2.05, 4.69) is 0 Å². The van der Waals surface area contributed by atoms with Crippen LogP contribution < -0.4 is 9.47 Å². The standard InChI is InChI=1S/C29H23ClN2O4S2/c30-21-8-3-1-6-19(21)27-22(33)16-29(32(37)28(27)34,18-13-15-38-17-18)25-10-5-11-26(31-25)36-24-12-14-35-23-9-4-2-7-20(23)24/h1-11,13,15,17,24,27,37H,12,14,16H2. The van der Waals surface area contributed by atoms with Crippen LogP contribution in [-0.2, 0) is 15.1 Å². The molecule has 38 heavy (non-hydrogen) atoms. The van der Waals surface area contributed by atoms with Gasteiger partial charge in [-0.2, -0.15) is 11.3 Å². The van der Waals surface area contributed by atoms with Gasteiger partial charge in [0.2, 0.25) is 11.8 Å². The van der Waals surface area contributed by atoms with E-state index in [0.717, 1.165) is 16.9 Å². The molecule has 0 bridgehead atoms. The minimum Gasteiger partial charge on any atom is -0.493 e. The van der Waals surface area contributed by atoms with Crippen LogP contribution in [0.4, 0.5) is 0 Å². The van der Waals surface area contributed by atoms with Crippen molar-refractivity contribution < 1.29 is 19.1 Å². The van der Waals surface area contributed by atoms with E-state index in [1.165, 1.54) is 15.6 Å². The Hall–Kier alpha value is -3.33. The minimum absolute atomic E-state index is 0.00851. The average Bonchev–Trinajstić information content (AvgIpc) is 3.48. The number of rotatable bonds is 5. The van der Waals surface area contributed by atoms with Crippen LogP contribution in [0.2, 0.25) is 5.02 Å². The number of hydrogen-bond acceptors (Lipinski definition) is 7. The van der Waals surface area contributed by atoms with Gasteiger partial charge < -0.3 is 9.47 Å². The molecule has 1 saturated heterocycles. The lowest BCUT2D eigenvalue weighted by molar-refractivity contribution is -0.142. The number of ketones is 1. The summed E-state index contributed by atoms with van der Waals surface area (Å²) in [5.74, 6) is -0.536. The van der Waals surface area contributed by atoms with Gasteiger partial charge in [0.05, 0.1) is 12.3 Å². The molecule has 0 saturated carbocycles.